The fourth-order valence-electron chi connectivity index (χ4n) is 1.57. The molecule has 0 amide bonds. The third-order valence-corrected chi connectivity index (χ3v) is 5.17. The minimum absolute atomic E-state index is 0.0178. The van der Waals surface area contributed by atoms with Gasteiger partial charge in [-0.05, 0) is 24.3 Å². The predicted molar refractivity (Wildman–Crippen MR) is 82.4 cm³/mol. The molecule has 2 rings (SSSR count). The van der Waals surface area contributed by atoms with Crippen LogP contribution in [0.1, 0.15) is 5.56 Å². The summed E-state index contributed by atoms with van der Waals surface area (Å²) < 4.78 is 26.9. The molecule has 5 nitrogen and oxygen atoms in total. The number of anilines is 1. The average Bonchev–Trinajstić information content (AvgIpc) is 2.41. The highest BCUT2D eigenvalue weighted by Gasteiger charge is 2.22. The number of benzene rings is 1. The van der Waals surface area contributed by atoms with Crippen molar-refractivity contribution < 1.29 is 13.5 Å². The minimum atomic E-state index is -4.01. The molecule has 1 aromatic carbocycles. The summed E-state index contributed by atoms with van der Waals surface area (Å²) in [7, 11) is -4.01. The summed E-state index contributed by atoms with van der Waals surface area (Å²) in [5.41, 5.74) is 0.133. The van der Waals surface area contributed by atoms with Gasteiger partial charge in [-0.3, -0.25) is 4.72 Å². The van der Waals surface area contributed by atoms with Crippen molar-refractivity contribution >= 4 is 50.6 Å². The van der Waals surface area contributed by atoms with Crippen LogP contribution in [0.5, 0.6) is 0 Å². The maximum atomic E-state index is 12.3. The van der Waals surface area contributed by atoms with Crippen molar-refractivity contribution in [3.05, 3.63) is 51.1 Å². The monoisotopic (exact) mass is 366 g/mol. The van der Waals surface area contributed by atoms with Gasteiger partial charge in [0.25, 0.3) is 10.0 Å². The van der Waals surface area contributed by atoms with Crippen LogP contribution in [0.25, 0.3) is 0 Å². The Morgan fingerprint density at radius 2 is 1.86 bits per heavy atom. The summed E-state index contributed by atoms with van der Waals surface area (Å²) in [6.07, 6.45) is 1.40. The molecule has 112 valence electrons. The van der Waals surface area contributed by atoms with Crippen molar-refractivity contribution in [3.8, 4) is 0 Å². The number of nitrogens with one attached hydrogen (secondary N) is 1. The summed E-state index contributed by atoms with van der Waals surface area (Å²) in [4.78, 5) is 3.62. The van der Waals surface area contributed by atoms with Gasteiger partial charge in [0, 0.05) is 16.8 Å². The average molecular weight is 368 g/mol. The van der Waals surface area contributed by atoms with E-state index in [-0.39, 0.29) is 31.3 Å². The van der Waals surface area contributed by atoms with E-state index in [4.69, 9.17) is 34.8 Å². The van der Waals surface area contributed by atoms with E-state index in [9.17, 15) is 13.5 Å². The summed E-state index contributed by atoms with van der Waals surface area (Å²) >= 11 is 17.7. The van der Waals surface area contributed by atoms with Gasteiger partial charge in [0.2, 0.25) is 0 Å². The number of aliphatic hydroxyl groups is 1. The first kappa shape index (κ1) is 16.3. The number of aromatic nitrogens is 1. The second-order valence-corrected chi connectivity index (χ2v) is 6.78. The molecule has 0 fully saturated rings. The van der Waals surface area contributed by atoms with Crippen LogP contribution < -0.4 is 4.72 Å². The summed E-state index contributed by atoms with van der Waals surface area (Å²) in [5.74, 6) is -0.0178. The number of hydrogen-bond acceptors (Lipinski definition) is 4. The fraction of sp³-hybridized carbons (Fsp3) is 0.0833. The van der Waals surface area contributed by atoms with E-state index in [1.807, 2.05) is 0 Å². The lowest BCUT2D eigenvalue weighted by Crippen LogP contribution is -2.15. The number of nitrogens with zero attached hydrogens (tertiary/aromatic N) is 1. The van der Waals surface area contributed by atoms with Crippen LogP contribution in [0, 0.1) is 0 Å². The van der Waals surface area contributed by atoms with Gasteiger partial charge in [-0.2, -0.15) is 0 Å². The lowest BCUT2D eigenvalue weighted by molar-refractivity contribution is 0.282. The van der Waals surface area contributed by atoms with Crippen molar-refractivity contribution in [2.75, 3.05) is 4.72 Å². The highest BCUT2D eigenvalue weighted by atomic mass is 35.5. The normalized spacial score (nSPS) is 11.4. The van der Waals surface area contributed by atoms with Gasteiger partial charge in [-0.15, -0.1) is 0 Å². The molecule has 0 unspecified atom stereocenters. The summed E-state index contributed by atoms with van der Waals surface area (Å²) in [6.45, 7) is -0.481. The van der Waals surface area contributed by atoms with E-state index in [1.54, 1.807) is 6.07 Å². The number of halogens is 3. The molecular formula is C12H9Cl3N2O3S. The molecule has 0 bridgehead atoms. The van der Waals surface area contributed by atoms with Gasteiger partial charge < -0.3 is 5.11 Å². The maximum Gasteiger partial charge on any atom is 0.264 e. The minimum Gasteiger partial charge on any atom is -0.392 e. The Kier molecular flexibility index (Phi) is 4.95. The Balaban J connectivity index is 2.48. The zero-order valence-electron chi connectivity index (χ0n) is 10.3. The van der Waals surface area contributed by atoms with Gasteiger partial charge >= 0.3 is 0 Å². The van der Waals surface area contributed by atoms with Crippen molar-refractivity contribution in [3.63, 3.8) is 0 Å². The SMILES string of the molecule is O=S(=O)(Nc1ncccc1Cl)c1ccc(Cl)c(CO)c1Cl. The van der Waals surface area contributed by atoms with Crippen LogP contribution in [0.4, 0.5) is 5.82 Å². The molecule has 0 aliphatic rings. The first-order valence-corrected chi connectivity index (χ1v) is 8.19. The largest absolute Gasteiger partial charge is 0.392 e. The Hall–Kier alpha value is -1.05. The lowest BCUT2D eigenvalue weighted by atomic mass is 10.2. The van der Waals surface area contributed by atoms with Crippen LogP contribution in [0.2, 0.25) is 15.1 Å². The van der Waals surface area contributed by atoms with Gasteiger partial charge in [0.05, 0.1) is 16.7 Å². The molecule has 0 aliphatic heterocycles. The van der Waals surface area contributed by atoms with E-state index in [0.717, 1.165) is 0 Å². The van der Waals surface area contributed by atoms with E-state index in [2.05, 4.69) is 9.71 Å². The predicted octanol–water partition coefficient (Wildman–Crippen LogP) is 3.33. The second kappa shape index (κ2) is 6.37. The first-order chi connectivity index (χ1) is 9.86. The van der Waals surface area contributed by atoms with Crippen molar-refractivity contribution in [1.29, 1.82) is 0 Å². The summed E-state index contributed by atoms with van der Waals surface area (Å²) in [5, 5.41) is 9.38. The summed E-state index contributed by atoms with van der Waals surface area (Å²) in [6, 6.07) is 5.64. The van der Waals surface area contributed by atoms with Gasteiger partial charge in [0.1, 0.15) is 4.90 Å². The third-order valence-electron chi connectivity index (χ3n) is 2.59. The van der Waals surface area contributed by atoms with Gasteiger partial charge in [0.15, 0.2) is 5.82 Å². The first-order valence-electron chi connectivity index (χ1n) is 5.58. The number of sulfonamides is 1. The number of rotatable bonds is 4. The van der Waals surface area contributed by atoms with Crippen molar-refractivity contribution in [1.82, 2.24) is 4.98 Å². The van der Waals surface area contributed by atoms with E-state index < -0.39 is 16.6 Å². The number of aliphatic hydroxyl groups excluding tert-OH is 1. The molecule has 0 radical (unpaired) electrons. The molecule has 0 atom stereocenters. The van der Waals surface area contributed by atoms with E-state index >= 15 is 0 Å². The van der Waals surface area contributed by atoms with E-state index in [1.165, 1.54) is 24.4 Å². The zero-order chi connectivity index (χ0) is 15.6. The van der Waals surface area contributed by atoms with Crippen molar-refractivity contribution in [2.45, 2.75) is 11.5 Å². The Morgan fingerprint density at radius 1 is 1.14 bits per heavy atom. The van der Waals surface area contributed by atoms with Gasteiger partial charge in [-0.1, -0.05) is 34.8 Å². The van der Waals surface area contributed by atoms with Crippen molar-refractivity contribution in [2.24, 2.45) is 0 Å². The molecule has 0 saturated carbocycles. The van der Waals surface area contributed by atoms with Crippen LogP contribution in [-0.2, 0) is 16.6 Å². The van der Waals surface area contributed by atoms with Gasteiger partial charge in [-0.25, -0.2) is 13.4 Å². The molecule has 2 N–H and O–H groups in total. The maximum absolute atomic E-state index is 12.3. The smallest absolute Gasteiger partial charge is 0.264 e. The molecule has 0 saturated heterocycles. The molecule has 1 aromatic heterocycles. The standard InChI is InChI=1S/C12H9Cl3N2O3S/c13-8-3-4-10(11(15)7(8)6-18)21(19,20)17-12-9(14)2-1-5-16-12/h1-5,18H,6H2,(H,16,17). The highest BCUT2D eigenvalue weighted by Crippen LogP contribution is 2.32. The molecule has 2 aromatic rings. The Morgan fingerprint density at radius 3 is 2.48 bits per heavy atom. The Labute approximate surface area is 136 Å². The van der Waals surface area contributed by atoms with Crippen LogP contribution in [0.3, 0.4) is 0 Å². The zero-order valence-corrected chi connectivity index (χ0v) is 13.4. The van der Waals surface area contributed by atoms with Crippen LogP contribution in [-0.4, -0.2) is 18.5 Å². The number of hydrogen-bond donors (Lipinski definition) is 2. The third kappa shape index (κ3) is 3.41. The van der Waals surface area contributed by atoms with Crippen LogP contribution in [0.15, 0.2) is 35.4 Å². The molecule has 9 heteroatoms. The second-order valence-electron chi connectivity index (χ2n) is 3.94. The molecule has 0 spiro atoms. The van der Waals surface area contributed by atoms with E-state index in [0.29, 0.717) is 0 Å². The molecule has 1 heterocycles. The molecule has 21 heavy (non-hydrogen) atoms. The topological polar surface area (TPSA) is 79.3 Å². The number of pyridine rings is 1. The molecular weight excluding hydrogens is 359 g/mol. The quantitative estimate of drug-likeness (QED) is 0.868. The lowest BCUT2D eigenvalue weighted by Gasteiger charge is -2.12. The molecule has 0 aliphatic carbocycles. The Bertz CT molecular complexity index is 781. The fourth-order valence-corrected chi connectivity index (χ4v) is 3.72. The highest BCUT2D eigenvalue weighted by molar-refractivity contribution is 7.92. The van der Waals surface area contributed by atoms with Crippen LogP contribution >= 0.6 is 34.8 Å².